The van der Waals surface area contributed by atoms with Gasteiger partial charge in [0.05, 0.1) is 13.2 Å². The van der Waals surface area contributed by atoms with Gasteiger partial charge >= 0.3 is 17.9 Å². The molecule has 276 valence electrons. The van der Waals surface area contributed by atoms with Crippen LogP contribution in [0.2, 0.25) is 0 Å². The van der Waals surface area contributed by atoms with Crippen LogP contribution in [0.4, 0.5) is 0 Å². The summed E-state index contributed by atoms with van der Waals surface area (Å²) in [6.07, 6.45) is 37.1. The van der Waals surface area contributed by atoms with Crippen LogP contribution in [-0.2, 0) is 28.6 Å². The van der Waals surface area contributed by atoms with Crippen molar-refractivity contribution in [2.24, 2.45) is 0 Å². The van der Waals surface area contributed by atoms with Crippen LogP contribution in [0.15, 0.2) is 48.6 Å². The van der Waals surface area contributed by atoms with Gasteiger partial charge in [0.15, 0.2) is 0 Å². The molecule has 0 rings (SSSR count). The Bertz CT molecular complexity index is 833. The molecule has 0 heterocycles. The lowest BCUT2D eigenvalue weighted by Gasteiger charge is -2.18. The summed E-state index contributed by atoms with van der Waals surface area (Å²) in [4.78, 5) is 38.2. The van der Waals surface area contributed by atoms with Gasteiger partial charge in [-0.2, -0.15) is 0 Å². The van der Waals surface area contributed by atoms with E-state index in [0.717, 1.165) is 141 Å². The van der Waals surface area contributed by atoms with Crippen molar-refractivity contribution in [3.63, 3.8) is 0 Å². The average molecular weight is 674 g/mol. The van der Waals surface area contributed by atoms with Gasteiger partial charge in [-0.15, -0.1) is 0 Å². The first-order chi connectivity index (χ1) is 23.4. The Balaban J connectivity index is 4.11. The first-order valence-electron chi connectivity index (χ1n) is 19.2. The second-order valence-electron chi connectivity index (χ2n) is 13.0. The molecule has 0 N–H and O–H groups in total. The molecule has 0 amide bonds. The van der Waals surface area contributed by atoms with Gasteiger partial charge in [-0.3, -0.25) is 4.79 Å². The maximum atomic E-state index is 12.5. The Morgan fingerprint density at radius 2 is 1.00 bits per heavy atom. The van der Waals surface area contributed by atoms with E-state index in [9.17, 15) is 14.4 Å². The molecule has 7 heteroatoms. The SMILES string of the molecule is CCC/C=C\C/C=C\C(=O)OCCCCCCCCC(CCCCCCCCOC(=O)/C=C\C/C=C\CCC)OC(=O)CCCN(C)C. The molecule has 0 atom stereocenters. The number of esters is 3. The zero-order valence-electron chi connectivity index (χ0n) is 31.3. The van der Waals surface area contributed by atoms with E-state index in [-0.39, 0.29) is 24.0 Å². The van der Waals surface area contributed by atoms with Crippen molar-refractivity contribution >= 4 is 17.9 Å². The van der Waals surface area contributed by atoms with Crippen LogP contribution in [0.5, 0.6) is 0 Å². The van der Waals surface area contributed by atoms with Gasteiger partial charge in [0.2, 0.25) is 0 Å². The molecule has 48 heavy (non-hydrogen) atoms. The normalized spacial score (nSPS) is 12.0. The monoisotopic (exact) mass is 674 g/mol. The number of rotatable bonds is 33. The highest BCUT2D eigenvalue weighted by molar-refractivity contribution is 5.82. The van der Waals surface area contributed by atoms with Crippen molar-refractivity contribution < 1.29 is 28.6 Å². The van der Waals surface area contributed by atoms with Crippen molar-refractivity contribution in [2.75, 3.05) is 33.9 Å². The van der Waals surface area contributed by atoms with Crippen LogP contribution in [0.1, 0.15) is 155 Å². The Kier molecular flexibility index (Phi) is 33.7. The van der Waals surface area contributed by atoms with Gasteiger partial charge in [-0.25, -0.2) is 9.59 Å². The molecular formula is C41H71NO6. The summed E-state index contributed by atoms with van der Waals surface area (Å²) in [6.45, 7) is 6.13. The minimum atomic E-state index is -0.256. The summed E-state index contributed by atoms with van der Waals surface area (Å²) >= 11 is 0. The highest BCUT2D eigenvalue weighted by Crippen LogP contribution is 2.18. The number of hydrogen-bond acceptors (Lipinski definition) is 7. The minimum absolute atomic E-state index is 0.000983. The molecule has 0 aliphatic rings. The summed E-state index contributed by atoms with van der Waals surface area (Å²) in [5, 5.41) is 0. The first-order valence-corrected chi connectivity index (χ1v) is 19.2. The zero-order chi connectivity index (χ0) is 35.3. The van der Waals surface area contributed by atoms with Crippen molar-refractivity contribution in [2.45, 2.75) is 161 Å². The zero-order valence-corrected chi connectivity index (χ0v) is 31.3. The molecule has 7 nitrogen and oxygen atoms in total. The van der Waals surface area contributed by atoms with Crippen molar-refractivity contribution in [1.82, 2.24) is 4.90 Å². The number of ether oxygens (including phenoxy) is 3. The van der Waals surface area contributed by atoms with Crippen molar-refractivity contribution in [3.05, 3.63) is 48.6 Å². The molecule has 0 saturated heterocycles. The Hall–Kier alpha value is -2.67. The third-order valence-electron chi connectivity index (χ3n) is 7.91. The largest absolute Gasteiger partial charge is 0.463 e. The van der Waals surface area contributed by atoms with Crippen LogP contribution >= 0.6 is 0 Å². The van der Waals surface area contributed by atoms with Crippen LogP contribution < -0.4 is 0 Å². The number of carbonyl (C=O) groups excluding carboxylic acids is 3. The predicted molar refractivity (Wildman–Crippen MR) is 200 cm³/mol. The number of hydrogen-bond donors (Lipinski definition) is 0. The summed E-state index contributed by atoms with van der Waals surface area (Å²) in [7, 11) is 4.04. The molecular weight excluding hydrogens is 602 g/mol. The van der Waals surface area contributed by atoms with E-state index < -0.39 is 0 Å². The Morgan fingerprint density at radius 3 is 1.44 bits per heavy atom. The molecule has 0 saturated carbocycles. The van der Waals surface area contributed by atoms with E-state index >= 15 is 0 Å². The standard InChI is InChI=1S/C41H71NO6/c1-5-7-9-11-19-25-32-39(43)46-36-27-21-15-13-17-23-30-38(48-41(45)34-29-35-42(3)4)31-24-18-14-16-22-28-37-47-40(44)33-26-20-12-10-8-6-2/h9-12,25-26,32-33,38H,5-8,13-24,27-31,34-37H2,1-4H3/b11-9-,12-10-,32-25-,33-26-. The molecule has 0 radical (unpaired) electrons. The lowest BCUT2D eigenvalue weighted by molar-refractivity contribution is -0.150. The van der Waals surface area contributed by atoms with Gasteiger partial charge in [0, 0.05) is 18.6 Å². The molecule has 0 fully saturated rings. The van der Waals surface area contributed by atoms with Crippen molar-refractivity contribution in [1.29, 1.82) is 0 Å². The van der Waals surface area contributed by atoms with E-state index in [1.165, 1.54) is 12.2 Å². The average Bonchev–Trinajstić information content (AvgIpc) is 3.05. The Morgan fingerprint density at radius 1 is 0.562 bits per heavy atom. The summed E-state index contributed by atoms with van der Waals surface area (Å²) in [5.41, 5.74) is 0. The molecule has 0 bridgehead atoms. The fourth-order valence-electron chi connectivity index (χ4n) is 5.10. The Labute approximate surface area is 294 Å². The molecule has 0 aromatic carbocycles. The molecule has 0 spiro atoms. The van der Waals surface area contributed by atoms with Gasteiger partial charge in [0.25, 0.3) is 0 Å². The second-order valence-corrected chi connectivity index (χ2v) is 13.0. The van der Waals surface area contributed by atoms with Gasteiger partial charge in [-0.05, 0) is 91.3 Å². The van der Waals surface area contributed by atoms with Gasteiger partial charge in [-0.1, -0.05) is 115 Å². The fourth-order valence-corrected chi connectivity index (χ4v) is 5.10. The number of unbranched alkanes of at least 4 members (excludes halogenated alkanes) is 12. The maximum absolute atomic E-state index is 12.5. The summed E-state index contributed by atoms with van der Waals surface area (Å²) in [5.74, 6) is -0.584. The topological polar surface area (TPSA) is 82.1 Å². The number of carbonyl (C=O) groups is 3. The lowest BCUT2D eigenvalue weighted by atomic mass is 10.0. The first kappa shape index (κ1) is 45.3. The van der Waals surface area contributed by atoms with Crippen molar-refractivity contribution in [3.8, 4) is 0 Å². The molecule has 0 unspecified atom stereocenters. The van der Waals surface area contributed by atoms with Gasteiger partial charge in [0.1, 0.15) is 6.10 Å². The van der Waals surface area contributed by atoms with E-state index in [0.29, 0.717) is 19.6 Å². The summed E-state index contributed by atoms with van der Waals surface area (Å²) in [6, 6.07) is 0. The highest BCUT2D eigenvalue weighted by Gasteiger charge is 2.14. The smallest absolute Gasteiger partial charge is 0.330 e. The third kappa shape index (κ3) is 34.7. The summed E-state index contributed by atoms with van der Waals surface area (Å²) < 4.78 is 16.5. The number of allylic oxidation sites excluding steroid dienone is 6. The van der Waals surface area contributed by atoms with Gasteiger partial charge < -0.3 is 19.1 Å². The highest BCUT2D eigenvalue weighted by atomic mass is 16.5. The lowest BCUT2D eigenvalue weighted by Crippen LogP contribution is -2.20. The molecule has 0 aliphatic carbocycles. The van der Waals surface area contributed by atoms with Crippen LogP contribution in [0, 0.1) is 0 Å². The predicted octanol–water partition coefficient (Wildman–Crippen LogP) is 10.4. The van der Waals surface area contributed by atoms with Crippen LogP contribution in [0.3, 0.4) is 0 Å². The molecule has 0 aromatic rings. The van der Waals surface area contributed by atoms with E-state index in [1.807, 2.05) is 26.2 Å². The van der Waals surface area contributed by atoms with Crippen LogP contribution in [0.25, 0.3) is 0 Å². The number of nitrogens with zero attached hydrogens (tertiary/aromatic N) is 1. The van der Waals surface area contributed by atoms with E-state index in [2.05, 4.69) is 43.1 Å². The molecule has 0 aliphatic heterocycles. The third-order valence-corrected chi connectivity index (χ3v) is 7.91. The second kappa shape index (κ2) is 35.6. The van der Waals surface area contributed by atoms with E-state index in [4.69, 9.17) is 14.2 Å². The quantitative estimate of drug-likeness (QED) is 0.0225. The maximum Gasteiger partial charge on any atom is 0.330 e. The van der Waals surface area contributed by atoms with Crippen LogP contribution in [-0.4, -0.2) is 62.8 Å². The molecule has 0 aromatic heterocycles. The minimum Gasteiger partial charge on any atom is -0.463 e. The van der Waals surface area contributed by atoms with E-state index in [1.54, 1.807) is 0 Å². The fraction of sp³-hybridized carbons (Fsp3) is 0.732.